The minimum absolute atomic E-state index is 0.0140. The second-order valence-electron chi connectivity index (χ2n) is 6.60. The highest BCUT2D eigenvalue weighted by atomic mass is 16.5. The van der Waals surface area contributed by atoms with Crippen LogP contribution in [0.1, 0.15) is 40.7 Å². The van der Waals surface area contributed by atoms with Crippen molar-refractivity contribution in [1.82, 2.24) is 0 Å². The van der Waals surface area contributed by atoms with Crippen molar-refractivity contribution in [2.24, 2.45) is 0 Å². The summed E-state index contributed by atoms with van der Waals surface area (Å²) in [5.41, 5.74) is 8.37. The molecule has 21 heavy (non-hydrogen) atoms. The molecule has 0 amide bonds. The van der Waals surface area contributed by atoms with E-state index in [9.17, 15) is 0 Å². The van der Waals surface area contributed by atoms with Gasteiger partial charge >= 0.3 is 0 Å². The molecule has 2 atom stereocenters. The maximum absolute atomic E-state index is 5.47. The van der Waals surface area contributed by atoms with E-state index >= 15 is 0 Å². The van der Waals surface area contributed by atoms with Gasteiger partial charge in [-0.05, 0) is 67.1 Å². The number of benzene rings is 2. The molecule has 0 aromatic heterocycles. The Labute approximate surface area is 126 Å². The minimum Gasteiger partial charge on any atom is -0.497 e. The highest BCUT2D eigenvalue weighted by Gasteiger charge is 2.50. The van der Waals surface area contributed by atoms with E-state index in [-0.39, 0.29) is 5.54 Å². The first-order valence-corrected chi connectivity index (χ1v) is 7.60. The Morgan fingerprint density at radius 3 is 2.76 bits per heavy atom. The molecule has 1 aliphatic carbocycles. The summed E-state index contributed by atoms with van der Waals surface area (Å²) in [7, 11) is 1.75. The fraction of sp³-hybridized carbons (Fsp3) is 0.368. The fourth-order valence-corrected chi connectivity index (χ4v) is 4.41. The van der Waals surface area contributed by atoms with Gasteiger partial charge in [0, 0.05) is 11.6 Å². The monoisotopic (exact) mass is 279 g/mol. The zero-order valence-corrected chi connectivity index (χ0v) is 13.1. The minimum atomic E-state index is 0.0140. The van der Waals surface area contributed by atoms with Crippen LogP contribution in [0.25, 0.3) is 0 Å². The number of methoxy groups -OCH3 is 1. The highest BCUT2D eigenvalue weighted by molar-refractivity contribution is 5.72. The van der Waals surface area contributed by atoms with Crippen molar-refractivity contribution in [2.75, 3.05) is 12.4 Å². The molecule has 2 aromatic rings. The number of nitrogens with one attached hydrogen (secondary N) is 1. The summed E-state index contributed by atoms with van der Waals surface area (Å²) < 4.78 is 5.47. The van der Waals surface area contributed by atoms with Gasteiger partial charge in [0.2, 0.25) is 0 Å². The van der Waals surface area contributed by atoms with Crippen LogP contribution in [0, 0.1) is 13.8 Å². The van der Waals surface area contributed by atoms with Crippen LogP contribution in [-0.2, 0) is 12.0 Å². The fourth-order valence-electron chi connectivity index (χ4n) is 4.41. The summed E-state index contributed by atoms with van der Waals surface area (Å²) in [6, 6.07) is 11.0. The van der Waals surface area contributed by atoms with E-state index in [0.29, 0.717) is 5.92 Å². The molecule has 0 radical (unpaired) electrons. The normalized spacial score (nSPS) is 25.0. The average Bonchev–Trinajstić information content (AvgIpc) is 2.89. The van der Waals surface area contributed by atoms with Crippen molar-refractivity contribution in [3.8, 4) is 5.75 Å². The summed E-state index contributed by atoms with van der Waals surface area (Å²) in [6.07, 6.45) is 1.11. The van der Waals surface area contributed by atoms with Gasteiger partial charge in [0.25, 0.3) is 0 Å². The molecular weight excluding hydrogens is 258 g/mol. The van der Waals surface area contributed by atoms with Crippen molar-refractivity contribution in [1.29, 1.82) is 0 Å². The molecule has 0 bridgehead atoms. The van der Waals surface area contributed by atoms with Crippen molar-refractivity contribution in [3.63, 3.8) is 0 Å². The Hall–Kier alpha value is -1.96. The topological polar surface area (TPSA) is 21.3 Å². The number of hydrogen-bond donors (Lipinski definition) is 1. The quantitative estimate of drug-likeness (QED) is 0.840. The van der Waals surface area contributed by atoms with Crippen molar-refractivity contribution >= 4 is 5.69 Å². The summed E-state index contributed by atoms with van der Waals surface area (Å²) in [5.74, 6) is 1.46. The predicted molar refractivity (Wildman–Crippen MR) is 86.3 cm³/mol. The van der Waals surface area contributed by atoms with Gasteiger partial charge in [-0.3, -0.25) is 0 Å². The van der Waals surface area contributed by atoms with Crippen LogP contribution in [0.15, 0.2) is 30.3 Å². The molecule has 2 nitrogen and oxygen atoms in total. The van der Waals surface area contributed by atoms with Gasteiger partial charge in [0.15, 0.2) is 0 Å². The predicted octanol–water partition coefficient (Wildman–Crippen LogP) is 4.29. The van der Waals surface area contributed by atoms with Crippen LogP contribution >= 0.6 is 0 Å². The SMILES string of the molecule is COc1cc(C)c2c(c1)[C@@H]1Cc3cccc(C)c3[C@]1(C)N2. The Morgan fingerprint density at radius 1 is 1.19 bits per heavy atom. The van der Waals surface area contributed by atoms with E-state index in [4.69, 9.17) is 4.74 Å². The van der Waals surface area contributed by atoms with Crippen molar-refractivity contribution in [2.45, 2.75) is 38.6 Å². The second kappa shape index (κ2) is 4.03. The van der Waals surface area contributed by atoms with Gasteiger partial charge in [-0.25, -0.2) is 0 Å². The molecule has 4 rings (SSSR count). The molecule has 1 N–H and O–H groups in total. The van der Waals surface area contributed by atoms with Gasteiger partial charge in [-0.1, -0.05) is 18.2 Å². The lowest BCUT2D eigenvalue weighted by atomic mass is 9.83. The Morgan fingerprint density at radius 2 is 2.00 bits per heavy atom. The summed E-state index contributed by atoms with van der Waals surface area (Å²) in [6.45, 7) is 6.74. The molecule has 2 aliphatic rings. The maximum Gasteiger partial charge on any atom is 0.119 e. The van der Waals surface area contributed by atoms with Crippen molar-refractivity contribution < 1.29 is 4.74 Å². The van der Waals surface area contributed by atoms with E-state index in [1.165, 1.54) is 33.5 Å². The number of rotatable bonds is 1. The largest absolute Gasteiger partial charge is 0.497 e. The zero-order chi connectivity index (χ0) is 14.8. The second-order valence-corrected chi connectivity index (χ2v) is 6.60. The van der Waals surface area contributed by atoms with E-state index in [2.05, 4.69) is 56.4 Å². The summed E-state index contributed by atoms with van der Waals surface area (Å²) in [5, 5.41) is 3.83. The third kappa shape index (κ3) is 1.53. The highest BCUT2D eigenvalue weighted by Crippen LogP contribution is 2.57. The Balaban J connectivity index is 1.92. The number of ether oxygens (including phenoxy) is 1. The van der Waals surface area contributed by atoms with Gasteiger partial charge in [0.1, 0.15) is 5.75 Å². The van der Waals surface area contributed by atoms with E-state index in [0.717, 1.165) is 12.2 Å². The van der Waals surface area contributed by atoms with Gasteiger partial charge in [0.05, 0.1) is 12.6 Å². The first kappa shape index (κ1) is 12.8. The first-order valence-electron chi connectivity index (χ1n) is 7.60. The Bertz CT molecular complexity index is 749. The van der Waals surface area contributed by atoms with E-state index in [1.54, 1.807) is 7.11 Å². The van der Waals surface area contributed by atoms with E-state index < -0.39 is 0 Å². The summed E-state index contributed by atoms with van der Waals surface area (Å²) in [4.78, 5) is 0. The number of anilines is 1. The van der Waals surface area contributed by atoms with Gasteiger partial charge in [-0.2, -0.15) is 0 Å². The lowest BCUT2D eigenvalue weighted by molar-refractivity contribution is 0.413. The van der Waals surface area contributed by atoms with Gasteiger partial charge < -0.3 is 10.1 Å². The molecule has 0 unspecified atom stereocenters. The molecule has 1 heterocycles. The third-order valence-corrected chi connectivity index (χ3v) is 5.33. The van der Waals surface area contributed by atoms with Gasteiger partial charge in [-0.15, -0.1) is 0 Å². The van der Waals surface area contributed by atoms with Crippen LogP contribution in [0.5, 0.6) is 5.75 Å². The van der Waals surface area contributed by atoms with E-state index in [1.807, 2.05) is 0 Å². The van der Waals surface area contributed by atoms with Crippen LogP contribution in [0.2, 0.25) is 0 Å². The molecule has 0 spiro atoms. The smallest absolute Gasteiger partial charge is 0.119 e. The molecule has 0 fully saturated rings. The van der Waals surface area contributed by atoms with Crippen molar-refractivity contribution in [3.05, 3.63) is 58.1 Å². The molecule has 0 saturated carbocycles. The molecule has 1 aliphatic heterocycles. The first-order chi connectivity index (χ1) is 10.0. The van der Waals surface area contributed by atoms with Crippen LogP contribution < -0.4 is 10.1 Å². The maximum atomic E-state index is 5.47. The lowest BCUT2D eigenvalue weighted by Gasteiger charge is -2.28. The average molecular weight is 279 g/mol. The third-order valence-electron chi connectivity index (χ3n) is 5.33. The molecule has 108 valence electrons. The molecule has 2 heteroatoms. The number of aryl methyl sites for hydroxylation is 2. The Kier molecular flexibility index (Phi) is 2.45. The van der Waals surface area contributed by atoms with Crippen LogP contribution in [-0.4, -0.2) is 7.11 Å². The van der Waals surface area contributed by atoms with Crippen LogP contribution in [0.4, 0.5) is 5.69 Å². The summed E-state index contributed by atoms with van der Waals surface area (Å²) >= 11 is 0. The molecule has 2 aromatic carbocycles. The molecule has 0 saturated heterocycles. The standard InChI is InChI=1S/C19H21NO/c1-11-6-5-7-13-9-16-15-10-14(21-4)8-12(2)18(15)20-19(16,3)17(11)13/h5-8,10,16,20H,9H2,1-4H3/t16-,19+/m0/s1. The number of fused-ring (bicyclic) bond motifs is 5. The molecular formula is C19H21NO. The van der Waals surface area contributed by atoms with Crippen LogP contribution in [0.3, 0.4) is 0 Å². The lowest BCUT2D eigenvalue weighted by Crippen LogP contribution is -2.30. The number of hydrogen-bond acceptors (Lipinski definition) is 2. The zero-order valence-electron chi connectivity index (χ0n) is 13.1.